The van der Waals surface area contributed by atoms with E-state index in [1.165, 1.54) is 24.8 Å². The van der Waals surface area contributed by atoms with Crippen molar-refractivity contribution >= 4 is 11.6 Å². The lowest BCUT2D eigenvalue weighted by Crippen LogP contribution is -2.38. The topological polar surface area (TPSA) is 24.5 Å². The van der Waals surface area contributed by atoms with Gasteiger partial charge in [-0.15, -0.1) is 0 Å². The van der Waals surface area contributed by atoms with Crippen molar-refractivity contribution < 1.29 is 4.74 Å². The van der Waals surface area contributed by atoms with Gasteiger partial charge in [0.25, 0.3) is 0 Å². The minimum absolute atomic E-state index is 0.662. The second kappa shape index (κ2) is 5.70. The first-order chi connectivity index (χ1) is 9.28. The Morgan fingerprint density at radius 1 is 1.32 bits per heavy atom. The summed E-state index contributed by atoms with van der Waals surface area (Å²) in [5.41, 5.74) is 1.18. The molecule has 0 aromatic heterocycles. The van der Waals surface area contributed by atoms with Gasteiger partial charge in [-0.25, -0.2) is 0 Å². The van der Waals surface area contributed by atoms with E-state index in [0.29, 0.717) is 6.04 Å². The number of methoxy groups -OCH3 is 1. The van der Waals surface area contributed by atoms with E-state index in [1.807, 2.05) is 12.1 Å². The zero-order chi connectivity index (χ0) is 13.2. The SMILES string of the molecule is COc1ccc(Cl)c(CN(C2CC2)C2CCNC2)c1. The Morgan fingerprint density at radius 2 is 2.16 bits per heavy atom. The van der Waals surface area contributed by atoms with Crippen LogP contribution in [-0.2, 0) is 6.54 Å². The second-order valence-corrected chi connectivity index (χ2v) is 5.91. The Balaban J connectivity index is 1.77. The highest BCUT2D eigenvalue weighted by atomic mass is 35.5. The van der Waals surface area contributed by atoms with E-state index in [1.54, 1.807) is 7.11 Å². The lowest BCUT2D eigenvalue weighted by molar-refractivity contribution is 0.188. The molecule has 1 heterocycles. The van der Waals surface area contributed by atoms with Gasteiger partial charge in [-0.1, -0.05) is 11.6 Å². The minimum Gasteiger partial charge on any atom is -0.497 e. The summed E-state index contributed by atoms with van der Waals surface area (Å²) in [6.45, 7) is 3.19. The Kier molecular flexibility index (Phi) is 3.96. The molecule has 0 bridgehead atoms. The van der Waals surface area contributed by atoms with Crippen LogP contribution >= 0.6 is 11.6 Å². The van der Waals surface area contributed by atoms with Crippen molar-refractivity contribution in [1.82, 2.24) is 10.2 Å². The van der Waals surface area contributed by atoms with Crippen LogP contribution in [0.3, 0.4) is 0 Å². The zero-order valence-electron chi connectivity index (χ0n) is 11.4. The van der Waals surface area contributed by atoms with Gasteiger partial charge in [0, 0.05) is 30.2 Å². The van der Waals surface area contributed by atoms with Gasteiger partial charge in [0.2, 0.25) is 0 Å². The molecule has 2 fully saturated rings. The molecule has 2 aliphatic rings. The van der Waals surface area contributed by atoms with Crippen molar-refractivity contribution in [1.29, 1.82) is 0 Å². The molecule has 1 unspecified atom stereocenters. The van der Waals surface area contributed by atoms with Crippen LogP contribution in [0.15, 0.2) is 18.2 Å². The summed E-state index contributed by atoms with van der Waals surface area (Å²) in [5.74, 6) is 0.889. The molecule has 1 atom stereocenters. The standard InChI is InChI=1S/C15H21ClN2O/c1-19-14-4-5-15(16)11(8-14)10-18(12-2-3-12)13-6-7-17-9-13/h4-5,8,12-13,17H,2-3,6-7,9-10H2,1H3. The number of benzene rings is 1. The van der Waals surface area contributed by atoms with Gasteiger partial charge in [-0.05, 0) is 49.6 Å². The van der Waals surface area contributed by atoms with Crippen LogP contribution in [0, 0.1) is 0 Å². The molecule has 1 saturated carbocycles. The maximum Gasteiger partial charge on any atom is 0.119 e. The molecular weight excluding hydrogens is 260 g/mol. The van der Waals surface area contributed by atoms with Gasteiger partial charge in [0.1, 0.15) is 5.75 Å². The fourth-order valence-corrected chi connectivity index (χ4v) is 3.06. The van der Waals surface area contributed by atoms with Crippen LogP contribution in [0.4, 0.5) is 0 Å². The number of hydrogen-bond donors (Lipinski definition) is 1. The summed E-state index contributed by atoms with van der Waals surface area (Å²) >= 11 is 6.33. The molecule has 0 spiro atoms. The summed E-state index contributed by atoms with van der Waals surface area (Å²) in [5, 5.41) is 4.30. The maximum absolute atomic E-state index is 6.33. The highest BCUT2D eigenvalue weighted by Gasteiger charge is 2.35. The number of nitrogens with one attached hydrogen (secondary N) is 1. The van der Waals surface area contributed by atoms with Crippen molar-refractivity contribution in [2.45, 2.75) is 37.9 Å². The van der Waals surface area contributed by atoms with Crippen LogP contribution < -0.4 is 10.1 Å². The Labute approximate surface area is 119 Å². The molecule has 3 rings (SSSR count). The van der Waals surface area contributed by atoms with Crippen molar-refractivity contribution in [2.24, 2.45) is 0 Å². The van der Waals surface area contributed by atoms with Crippen LogP contribution in [-0.4, -0.2) is 37.2 Å². The number of halogens is 1. The fourth-order valence-electron chi connectivity index (χ4n) is 2.88. The number of ether oxygens (including phenoxy) is 1. The number of hydrogen-bond acceptors (Lipinski definition) is 3. The van der Waals surface area contributed by atoms with E-state index >= 15 is 0 Å². The van der Waals surface area contributed by atoms with Crippen molar-refractivity contribution in [3.8, 4) is 5.75 Å². The summed E-state index contributed by atoms with van der Waals surface area (Å²) in [6, 6.07) is 7.35. The lowest BCUT2D eigenvalue weighted by Gasteiger charge is -2.28. The molecule has 1 aromatic carbocycles. The lowest BCUT2D eigenvalue weighted by atomic mass is 10.1. The van der Waals surface area contributed by atoms with E-state index in [2.05, 4.69) is 16.3 Å². The van der Waals surface area contributed by atoms with Crippen molar-refractivity contribution in [2.75, 3.05) is 20.2 Å². The largest absolute Gasteiger partial charge is 0.497 e. The second-order valence-electron chi connectivity index (χ2n) is 5.51. The van der Waals surface area contributed by atoms with Gasteiger partial charge in [-0.3, -0.25) is 4.90 Å². The molecule has 1 saturated heterocycles. The molecule has 1 aromatic rings. The summed E-state index contributed by atoms with van der Waals surface area (Å²) in [4.78, 5) is 2.63. The molecule has 104 valence electrons. The van der Waals surface area contributed by atoms with Gasteiger partial charge in [-0.2, -0.15) is 0 Å². The van der Waals surface area contributed by atoms with E-state index < -0.39 is 0 Å². The molecule has 19 heavy (non-hydrogen) atoms. The van der Waals surface area contributed by atoms with E-state index in [4.69, 9.17) is 16.3 Å². The molecule has 4 heteroatoms. The summed E-state index contributed by atoms with van der Waals surface area (Å²) in [6.07, 6.45) is 3.91. The Hall–Kier alpha value is -0.770. The van der Waals surface area contributed by atoms with Gasteiger partial charge in [0.15, 0.2) is 0 Å². The Morgan fingerprint density at radius 3 is 2.79 bits per heavy atom. The molecule has 1 aliphatic heterocycles. The highest BCUT2D eigenvalue weighted by Crippen LogP contribution is 2.33. The average Bonchev–Trinajstić information content (AvgIpc) is 3.12. The zero-order valence-corrected chi connectivity index (χ0v) is 12.1. The maximum atomic E-state index is 6.33. The molecule has 1 aliphatic carbocycles. The molecule has 0 radical (unpaired) electrons. The smallest absolute Gasteiger partial charge is 0.119 e. The average molecular weight is 281 g/mol. The Bertz CT molecular complexity index is 442. The van der Waals surface area contributed by atoms with Gasteiger partial charge in [0.05, 0.1) is 7.11 Å². The minimum atomic E-state index is 0.662. The van der Waals surface area contributed by atoms with E-state index in [0.717, 1.165) is 36.4 Å². The summed E-state index contributed by atoms with van der Waals surface area (Å²) < 4.78 is 5.30. The van der Waals surface area contributed by atoms with Gasteiger partial charge < -0.3 is 10.1 Å². The third-order valence-electron chi connectivity index (χ3n) is 4.13. The van der Waals surface area contributed by atoms with Crippen molar-refractivity contribution in [3.63, 3.8) is 0 Å². The monoisotopic (exact) mass is 280 g/mol. The first kappa shape index (κ1) is 13.2. The van der Waals surface area contributed by atoms with E-state index in [-0.39, 0.29) is 0 Å². The first-order valence-corrected chi connectivity index (χ1v) is 7.44. The molecule has 1 N–H and O–H groups in total. The molecule has 3 nitrogen and oxygen atoms in total. The molecule has 0 amide bonds. The van der Waals surface area contributed by atoms with Crippen LogP contribution in [0.5, 0.6) is 5.75 Å². The predicted molar refractivity (Wildman–Crippen MR) is 77.8 cm³/mol. The number of rotatable bonds is 5. The highest BCUT2D eigenvalue weighted by molar-refractivity contribution is 6.31. The fraction of sp³-hybridized carbons (Fsp3) is 0.600. The van der Waals surface area contributed by atoms with Crippen LogP contribution in [0.1, 0.15) is 24.8 Å². The normalized spacial score (nSPS) is 23.0. The third-order valence-corrected chi connectivity index (χ3v) is 4.49. The van der Waals surface area contributed by atoms with Crippen LogP contribution in [0.2, 0.25) is 5.02 Å². The third kappa shape index (κ3) is 3.04. The van der Waals surface area contributed by atoms with E-state index in [9.17, 15) is 0 Å². The van der Waals surface area contributed by atoms with Gasteiger partial charge >= 0.3 is 0 Å². The molecular formula is C15H21ClN2O. The van der Waals surface area contributed by atoms with Crippen LogP contribution in [0.25, 0.3) is 0 Å². The van der Waals surface area contributed by atoms with Crippen molar-refractivity contribution in [3.05, 3.63) is 28.8 Å². The number of nitrogens with zero attached hydrogens (tertiary/aromatic N) is 1. The first-order valence-electron chi connectivity index (χ1n) is 7.07. The predicted octanol–water partition coefficient (Wildman–Crippen LogP) is 2.67. The summed E-state index contributed by atoms with van der Waals surface area (Å²) in [7, 11) is 1.70. The quantitative estimate of drug-likeness (QED) is 0.897.